The van der Waals surface area contributed by atoms with Crippen LogP contribution in [-0.2, 0) is 11.2 Å². The predicted octanol–water partition coefficient (Wildman–Crippen LogP) is 4.03. The molecule has 27 heavy (non-hydrogen) atoms. The van der Waals surface area contributed by atoms with Gasteiger partial charge in [-0.25, -0.2) is 0 Å². The van der Waals surface area contributed by atoms with Crippen LogP contribution in [0.4, 0.5) is 0 Å². The molecule has 1 saturated carbocycles. The van der Waals surface area contributed by atoms with Gasteiger partial charge in [0.05, 0.1) is 6.54 Å². The highest BCUT2D eigenvalue weighted by atomic mass is 35.5. The zero-order valence-corrected chi connectivity index (χ0v) is 15.7. The Morgan fingerprint density at radius 1 is 1.22 bits per heavy atom. The van der Waals surface area contributed by atoms with E-state index in [1.807, 2.05) is 24.3 Å². The lowest BCUT2D eigenvalue weighted by atomic mass is 9.93. The Hall–Kier alpha value is -2.33. The fraction of sp³-hybridized carbons (Fsp3) is 0.364. The molecule has 0 spiro atoms. The Balaban J connectivity index is 1.28. The molecule has 2 bridgehead atoms. The second kappa shape index (κ2) is 6.68. The van der Waals surface area contributed by atoms with Crippen LogP contribution in [-0.4, -0.2) is 23.5 Å². The first kappa shape index (κ1) is 16.8. The van der Waals surface area contributed by atoms with E-state index in [2.05, 4.69) is 22.5 Å². The van der Waals surface area contributed by atoms with Gasteiger partial charge in [-0.1, -0.05) is 23.8 Å². The summed E-state index contributed by atoms with van der Waals surface area (Å²) in [5.74, 6) is 2.19. The third-order valence-corrected chi connectivity index (χ3v) is 6.19. The van der Waals surface area contributed by atoms with Gasteiger partial charge in [0.1, 0.15) is 11.9 Å². The molecule has 1 aromatic heterocycles. The molecular formula is C22H21ClN2O2. The molecule has 0 radical (unpaired) electrons. The average molecular weight is 381 g/mol. The van der Waals surface area contributed by atoms with E-state index in [9.17, 15) is 4.79 Å². The smallest absolute Gasteiger partial charge is 0.223 e. The molecular weight excluding hydrogens is 360 g/mol. The van der Waals surface area contributed by atoms with Gasteiger partial charge in [-0.2, -0.15) is 0 Å². The van der Waals surface area contributed by atoms with Crippen molar-refractivity contribution in [3.8, 4) is 16.9 Å². The average Bonchev–Trinajstić information content (AvgIpc) is 3.41. The first-order valence-corrected chi connectivity index (χ1v) is 9.90. The summed E-state index contributed by atoms with van der Waals surface area (Å²) in [6.07, 6.45) is 10.8. The van der Waals surface area contributed by atoms with Crippen LogP contribution < -0.4 is 10.1 Å². The van der Waals surface area contributed by atoms with Crippen LogP contribution in [0.15, 0.2) is 48.8 Å². The largest absolute Gasteiger partial charge is 0.487 e. The highest BCUT2D eigenvalue weighted by molar-refractivity contribution is 6.31. The first-order valence-electron chi connectivity index (χ1n) is 9.53. The highest BCUT2D eigenvalue weighted by Crippen LogP contribution is 2.44. The maximum Gasteiger partial charge on any atom is 0.223 e. The van der Waals surface area contributed by atoms with Crippen molar-refractivity contribution in [1.82, 2.24) is 10.3 Å². The fourth-order valence-corrected chi connectivity index (χ4v) is 4.92. The van der Waals surface area contributed by atoms with E-state index < -0.39 is 0 Å². The van der Waals surface area contributed by atoms with Gasteiger partial charge in [0.2, 0.25) is 5.91 Å². The first-order chi connectivity index (χ1) is 13.2. The molecule has 1 N–H and O–H groups in total. The van der Waals surface area contributed by atoms with Crippen LogP contribution in [0.3, 0.4) is 0 Å². The number of carbonyl (C=O) groups is 1. The number of carbonyl (C=O) groups excluding carboxylic acids is 1. The van der Waals surface area contributed by atoms with E-state index in [-0.39, 0.29) is 17.9 Å². The SMILES string of the molecule is O=C(NCC1Cc2cc(Cl)cc(-c3ccncc3)c2O1)[C@@H]1C[C@@H]2C=C[C@H]1C2. The summed E-state index contributed by atoms with van der Waals surface area (Å²) < 4.78 is 6.21. The van der Waals surface area contributed by atoms with Crippen molar-refractivity contribution in [1.29, 1.82) is 0 Å². The molecule has 4 atom stereocenters. The topological polar surface area (TPSA) is 51.2 Å². The van der Waals surface area contributed by atoms with Gasteiger partial charge in [-0.15, -0.1) is 0 Å². The van der Waals surface area contributed by atoms with E-state index in [0.717, 1.165) is 41.7 Å². The number of rotatable bonds is 4. The summed E-state index contributed by atoms with van der Waals surface area (Å²) in [7, 11) is 0. The third kappa shape index (κ3) is 3.12. The predicted molar refractivity (Wildman–Crippen MR) is 105 cm³/mol. The van der Waals surface area contributed by atoms with Gasteiger partial charge in [0.15, 0.2) is 0 Å². The highest BCUT2D eigenvalue weighted by Gasteiger charge is 2.40. The van der Waals surface area contributed by atoms with Crippen LogP contribution in [0.2, 0.25) is 5.02 Å². The monoisotopic (exact) mass is 380 g/mol. The number of halogens is 1. The summed E-state index contributed by atoms with van der Waals surface area (Å²) in [5, 5.41) is 3.82. The van der Waals surface area contributed by atoms with E-state index in [1.54, 1.807) is 12.4 Å². The fourth-order valence-electron chi connectivity index (χ4n) is 4.68. The Kier molecular flexibility index (Phi) is 4.16. The Bertz CT molecular complexity index is 912. The quantitative estimate of drug-likeness (QED) is 0.814. The molecule has 5 heteroatoms. The molecule has 1 amide bonds. The zero-order chi connectivity index (χ0) is 18.4. The van der Waals surface area contributed by atoms with Crippen molar-refractivity contribution in [2.45, 2.75) is 25.4 Å². The number of nitrogens with one attached hydrogen (secondary N) is 1. The number of amides is 1. The van der Waals surface area contributed by atoms with Crippen LogP contribution in [0.1, 0.15) is 18.4 Å². The molecule has 4 nitrogen and oxygen atoms in total. The molecule has 0 saturated heterocycles. The molecule has 138 valence electrons. The number of benzene rings is 1. The minimum absolute atomic E-state index is 0.0582. The molecule has 2 heterocycles. The molecule has 1 aliphatic heterocycles. The molecule has 5 rings (SSSR count). The van der Waals surface area contributed by atoms with Gasteiger partial charge in [0, 0.05) is 40.9 Å². The Morgan fingerprint density at radius 2 is 2.07 bits per heavy atom. The van der Waals surface area contributed by atoms with Crippen molar-refractivity contribution >= 4 is 17.5 Å². The summed E-state index contributed by atoms with van der Waals surface area (Å²) in [6, 6.07) is 7.79. The summed E-state index contributed by atoms with van der Waals surface area (Å²) in [4.78, 5) is 16.7. The van der Waals surface area contributed by atoms with Crippen LogP contribution in [0.5, 0.6) is 5.75 Å². The minimum Gasteiger partial charge on any atom is -0.487 e. The van der Waals surface area contributed by atoms with Gasteiger partial charge < -0.3 is 10.1 Å². The van der Waals surface area contributed by atoms with E-state index in [1.165, 1.54) is 0 Å². The Labute approximate surface area is 163 Å². The lowest BCUT2D eigenvalue weighted by Gasteiger charge is -2.19. The molecule has 1 fully saturated rings. The van der Waals surface area contributed by atoms with Crippen molar-refractivity contribution in [3.05, 3.63) is 59.4 Å². The van der Waals surface area contributed by atoms with Gasteiger partial charge >= 0.3 is 0 Å². The van der Waals surface area contributed by atoms with Crippen LogP contribution in [0.25, 0.3) is 11.1 Å². The number of ether oxygens (including phenoxy) is 1. The number of nitrogens with zero attached hydrogens (tertiary/aromatic N) is 1. The standard InChI is InChI=1S/C22H21ClN2O2/c23-17-9-16-10-18(12-25-22(26)20-8-13-1-2-15(20)7-13)27-21(16)19(11-17)14-3-5-24-6-4-14/h1-6,9,11,13,15,18,20H,7-8,10,12H2,(H,25,26)/t13-,15+,18?,20-/m1/s1. The lowest BCUT2D eigenvalue weighted by molar-refractivity contribution is -0.126. The van der Waals surface area contributed by atoms with E-state index >= 15 is 0 Å². The summed E-state index contributed by atoms with van der Waals surface area (Å²) >= 11 is 6.33. The Morgan fingerprint density at radius 3 is 2.81 bits per heavy atom. The number of aromatic nitrogens is 1. The minimum atomic E-state index is -0.0582. The summed E-state index contributed by atoms with van der Waals surface area (Å²) in [5.41, 5.74) is 3.10. The molecule has 1 unspecified atom stereocenters. The third-order valence-electron chi connectivity index (χ3n) is 5.97. The lowest BCUT2D eigenvalue weighted by Crippen LogP contribution is -2.39. The van der Waals surface area contributed by atoms with E-state index in [0.29, 0.717) is 23.4 Å². The molecule has 2 aliphatic carbocycles. The maximum atomic E-state index is 12.6. The van der Waals surface area contributed by atoms with Crippen LogP contribution in [0, 0.1) is 17.8 Å². The van der Waals surface area contributed by atoms with Crippen molar-refractivity contribution in [2.24, 2.45) is 17.8 Å². The molecule has 3 aliphatic rings. The number of hydrogen-bond donors (Lipinski definition) is 1. The van der Waals surface area contributed by atoms with Crippen molar-refractivity contribution in [2.75, 3.05) is 6.54 Å². The zero-order valence-electron chi connectivity index (χ0n) is 14.9. The number of pyridine rings is 1. The van der Waals surface area contributed by atoms with Crippen molar-refractivity contribution < 1.29 is 9.53 Å². The normalized spacial score (nSPS) is 27.4. The maximum absolute atomic E-state index is 12.6. The number of allylic oxidation sites excluding steroid dienone is 2. The summed E-state index contributed by atoms with van der Waals surface area (Å²) in [6.45, 7) is 0.526. The van der Waals surface area contributed by atoms with Crippen LogP contribution >= 0.6 is 11.6 Å². The van der Waals surface area contributed by atoms with Crippen molar-refractivity contribution in [3.63, 3.8) is 0 Å². The number of fused-ring (bicyclic) bond motifs is 3. The van der Waals surface area contributed by atoms with E-state index in [4.69, 9.17) is 16.3 Å². The second-order valence-electron chi connectivity index (χ2n) is 7.75. The second-order valence-corrected chi connectivity index (χ2v) is 8.19. The number of hydrogen-bond acceptors (Lipinski definition) is 3. The van der Waals surface area contributed by atoms with Gasteiger partial charge in [-0.05, 0) is 54.5 Å². The van der Waals surface area contributed by atoms with Gasteiger partial charge in [0.25, 0.3) is 0 Å². The molecule has 1 aromatic carbocycles. The molecule has 2 aromatic rings. The van der Waals surface area contributed by atoms with Gasteiger partial charge in [-0.3, -0.25) is 9.78 Å².